The molecule has 0 aromatic carbocycles. The van der Waals surface area contributed by atoms with E-state index in [2.05, 4.69) is 21.0 Å². The Labute approximate surface area is 116 Å². The number of nitrogens with zero attached hydrogens (tertiary/aromatic N) is 2. The molecule has 5 heteroatoms. The molecule has 18 heavy (non-hydrogen) atoms. The summed E-state index contributed by atoms with van der Waals surface area (Å²) < 4.78 is 8.21. The van der Waals surface area contributed by atoms with Gasteiger partial charge in [0.1, 0.15) is 5.78 Å². The monoisotopic (exact) mass is 314 g/mol. The van der Waals surface area contributed by atoms with E-state index in [1.807, 2.05) is 14.0 Å². The van der Waals surface area contributed by atoms with Crippen LogP contribution in [-0.4, -0.2) is 28.3 Å². The minimum atomic E-state index is -0.183. The summed E-state index contributed by atoms with van der Waals surface area (Å²) in [4.78, 5) is 12.2. The summed E-state index contributed by atoms with van der Waals surface area (Å²) in [7, 11) is 3.58. The number of hydrogen-bond acceptors (Lipinski definition) is 3. The van der Waals surface area contributed by atoms with Crippen molar-refractivity contribution in [2.45, 2.75) is 44.6 Å². The van der Waals surface area contributed by atoms with Crippen molar-refractivity contribution in [1.82, 2.24) is 9.78 Å². The van der Waals surface area contributed by atoms with E-state index in [1.54, 1.807) is 11.8 Å². The molecule has 0 N–H and O–H groups in total. The number of halogens is 1. The topological polar surface area (TPSA) is 44.1 Å². The minimum Gasteiger partial charge on any atom is -0.378 e. The molecule has 0 bridgehead atoms. The molecule has 1 aliphatic rings. The molecule has 0 radical (unpaired) electrons. The molecule has 2 rings (SSSR count). The van der Waals surface area contributed by atoms with Gasteiger partial charge in [0.15, 0.2) is 0 Å². The molecule has 4 nitrogen and oxygen atoms in total. The van der Waals surface area contributed by atoms with Gasteiger partial charge < -0.3 is 4.74 Å². The minimum absolute atomic E-state index is 0.183. The van der Waals surface area contributed by atoms with Gasteiger partial charge in [0, 0.05) is 27.0 Å². The van der Waals surface area contributed by atoms with E-state index in [0.29, 0.717) is 12.8 Å². The quantitative estimate of drug-likeness (QED) is 0.839. The first-order valence-corrected chi connectivity index (χ1v) is 7.01. The van der Waals surface area contributed by atoms with Gasteiger partial charge in [-0.1, -0.05) is 0 Å². The molecule has 100 valence electrons. The Balaban J connectivity index is 2.03. The van der Waals surface area contributed by atoms with Crippen molar-refractivity contribution in [2.24, 2.45) is 7.05 Å². The Morgan fingerprint density at radius 3 is 2.61 bits per heavy atom. The molecule has 0 atom stereocenters. The van der Waals surface area contributed by atoms with Crippen LogP contribution in [0, 0.1) is 6.92 Å². The van der Waals surface area contributed by atoms with Crippen molar-refractivity contribution in [3.63, 3.8) is 0 Å². The molecule has 0 unspecified atom stereocenters. The number of carbonyl (C=O) groups excluding carboxylic acids is 1. The van der Waals surface area contributed by atoms with Crippen LogP contribution in [0.15, 0.2) is 4.47 Å². The van der Waals surface area contributed by atoms with Crippen LogP contribution in [0.4, 0.5) is 0 Å². The molecule has 1 aromatic heterocycles. The zero-order chi connectivity index (χ0) is 13.3. The van der Waals surface area contributed by atoms with E-state index >= 15 is 0 Å². The largest absolute Gasteiger partial charge is 0.378 e. The summed E-state index contributed by atoms with van der Waals surface area (Å²) in [6, 6.07) is 0. The van der Waals surface area contributed by atoms with Crippen molar-refractivity contribution in [1.29, 1.82) is 0 Å². The van der Waals surface area contributed by atoms with Crippen LogP contribution in [0.2, 0.25) is 0 Å². The number of carbonyl (C=O) groups is 1. The number of aryl methyl sites for hydroxylation is 2. The van der Waals surface area contributed by atoms with Gasteiger partial charge in [-0.3, -0.25) is 9.48 Å². The SMILES string of the molecule is COC1(CC(=O)Cc2c(Br)c(C)nn2C)CCC1. The zero-order valence-corrected chi connectivity index (χ0v) is 12.7. The van der Waals surface area contributed by atoms with Crippen molar-refractivity contribution >= 4 is 21.7 Å². The fraction of sp³-hybridized carbons (Fsp3) is 0.692. The highest BCUT2D eigenvalue weighted by Gasteiger charge is 2.38. The molecule has 1 heterocycles. The van der Waals surface area contributed by atoms with E-state index in [-0.39, 0.29) is 11.4 Å². The Kier molecular flexibility index (Phi) is 3.92. The summed E-state index contributed by atoms with van der Waals surface area (Å²) in [5.41, 5.74) is 1.69. The van der Waals surface area contributed by atoms with Crippen molar-refractivity contribution in [3.8, 4) is 0 Å². The molecule has 0 aliphatic heterocycles. The fourth-order valence-electron chi connectivity index (χ4n) is 2.50. The molecule has 0 saturated heterocycles. The Morgan fingerprint density at radius 2 is 2.22 bits per heavy atom. The van der Waals surface area contributed by atoms with E-state index in [4.69, 9.17) is 4.74 Å². The summed E-state index contributed by atoms with van der Waals surface area (Å²) in [5.74, 6) is 0.222. The van der Waals surface area contributed by atoms with E-state index in [9.17, 15) is 4.79 Å². The van der Waals surface area contributed by atoms with E-state index in [1.165, 1.54) is 0 Å². The van der Waals surface area contributed by atoms with Gasteiger partial charge in [0.05, 0.1) is 21.5 Å². The molecular weight excluding hydrogens is 296 g/mol. The molecular formula is C13H19BrN2O2. The number of hydrogen-bond donors (Lipinski definition) is 0. The third-order valence-corrected chi connectivity index (χ3v) is 4.87. The predicted octanol–water partition coefficient (Wildman–Crippen LogP) is 2.56. The third kappa shape index (κ3) is 2.52. The predicted molar refractivity (Wildman–Crippen MR) is 72.6 cm³/mol. The first kappa shape index (κ1) is 13.7. The van der Waals surface area contributed by atoms with Crippen LogP contribution in [-0.2, 0) is 23.0 Å². The Morgan fingerprint density at radius 1 is 1.56 bits per heavy atom. The number of rotatable bonds is 5. The summed E-state index contributed by atoms with van der Waals surface area (Å²) in [6.45, 7) is 1.93. The number of aromatic nitrogens is 2. The zero-order valence-electron chi connectivity index (χ0n) is 11.1. The highest BCUT2D eigenvalue weighted by atomic mass is 79.9. The van der Waals surface area contributed by atoms with Crippen LogP contribution >= 0.6 is 15.9 Å². The Bertz CT molecular complexity index is 458. The second-order valence-electron chi connectivity index (χ2n) is 5.10. The van der Waals surface area contributed by atoms with Crippen LogP contribution in [0.1, 0.15) is 37.1 Å². The number of ketones is 1. The smallest absolute Gasteiger partial charge is 0.141 e. The van der Waals surface area contributed by atoms with Gasteiger partial charge in [0.25, 0.3) is 0 Å². The summed E-state index contributed by atoms with van der Waals surface area (Å²) >= 11 is 3.49. The van der Waals surface area contributed by atoms with Crippen LogP contribution in [0.25, 0.3) is 0 Å². The number of Topliss-reactive ketones (excluding diaryl/α,β-unsaturated/α-hetero) is 1. The second kappa shape index (κ2) is 5.13. The van der Waals surface area contributed by atoms with Gasteiger partial charge in [-0.2, -0.15) is 5.10 Å². The Hall–Kier alpha value is -0.680. The average Bonchev–Trinajstić information content (AvgIpc) is 2.51. The summed E-state index contributed by atoms with van der Waals surface area (Å²) in [5, 5.41) is 4.30. The van der Waals surface area contributed by atoms with Crippen LogP contribution < -0.4 is 0 Å². The van der Waals surface area contributed by atoms with Crippen LogP contribution in [0.3, 0.4) is 0 Å². The molecule has 0 spiro atoms. The molecule has 0 amide bonds. The maximum atomic E-state index is 12.2. The van der Waals surface area contributed by atoms with Gasteiger partial charge in [0.2, 0.25) is 0 Å². The lowest BCUT2D eigenvalue weighted by molar-refractivity contribution is -0.131. The molecule has 1 aliphatic carbocycles. The lowest BCUT2D eigenvalue weighted by Crippen LogP contribution is -2.41. The van der Waals surface area contributed by atoms with Gasteiger partial charge in [-0.05, 0) is 42.1 Å². The van der Waals surface area contributed by atoms with E-state index < -0.39 is 0 Å². The summed E-state index contributed by atoms with van der Waals surface area (Å²) in [6.07, 6.45) is 4.10. The normalized spacial score (nSPS) is 17.6. The lowest BCUT2D eigenvalue weighted by Gasteiger charge is -2.40. The maximum absolute atomic E-state index is 12.2. The number of ether oxygens (including phenoxy) is 1. The van der Waals surface area contributed by atoms with Gasteiger partial charge in [-0.25, -0.2) is 0 Å². The first-order chi connectivity index (χ1) is 8.47. The maximum Gasteiger partial charge on any atom is 0.141 e. The average molecular weight is 315 g/mol. The molecule has 1 saturated carbocycles. The fourth-order valence-corrected chi connectivity index (χ4v) is 2.98. The number of methoxy groups -OCH3 is 1. The third-order valence-electron chi connectivity index (χ3n) is 3.84. The van der Waals surface area contributed by atoms with Crippen molar-refractivity contribution < 1.29 is 9.53 Å². The molecule has 1 fully saturated rings. The van der Waals surface area contributed by atoms with Crippen LogP contribution in [0.5, 0.6) is 0 Å². The van der Waals surface area contributed by atoms with Gasteiger partial charge in [-0.15, -0.1) is 0 Å². The van der Waals surface area contributed by atoms with Gasteiger partial charge >= 0.3 is 0 Å². The molecule has 1 aromatic rings. The second-order valence-corrected chi connectivity index (χ2v) is 5.90. The highest BCUT2D eigenvalue weighted by Crippen LogP contribution is 2.38. The standard InChI is InChI=1S/C13H19BrN2O2/c1-9-12(14)11(16(2)15-9)7-10(17)8-13(18-3)5-4-6-13/h4-8H2,1-3H3. The van der Waals surface area contributed by atoms with Crippen molar-refractivity contribution in [2.75, 3.05) is 7.11 Å². The van der Waals surface area contributed by atoms with Crippen molar-refractivity contribution in [3.05, 3.63) is 15.9 Å². The lowest BCUT2D eigenvalue weighted by atomic mass is 9.76. The first-order valence-electron chi connectivity index (χ1n) is 6.22. The van der Waals surface area contributed by atoms with E-state index in [0.717, 1.165) is 35.1 Å². The highest BCUT2D eigenvalue weighted by molar-refractivity contribution is 9.10.